The van der Waals surface area contributed by atoms with Gasteiger partial charge in [-0.25, -0.2) is 15.6 Å². The van der Waals surface area contributed by atoms with E-state index in [-0.39, 0.29) is 4.32 Å². The molecule has 0 atom stereocenters. The highest BCUT2D eigenvalue weighted by atomic mass is 32.2. The molecular weight excluding hydrogens is 300 g/mol. The number of hydrogen-bond acceptors (Lipinski definition) is 6. The first-order chi connectivity index (χ1) is 9.49. The van der Waals surface area contributed by atoms with Gasteiger partial charge in [-0.05, 0) is 12.1 Å². The minimum atomic E-state index is -1.08. The number of amides is 1. The lowest BCUT2D eigenvalue weighted by atomic mass is 10.2. The standard InChI is InChI=1S/C12H10N2O4S2/c13-14-11(17)9(20-12(14)19)5-7-3-1-2-4-8(7)18-6-10(15)16/h1-5H,6,13H2,(H,15,16). The number of carboxylic acid groups (broad SMARTS) is 1. The number of ether oxygens (including phenoxy) is 1. The van der Waals surface area contributed by atoms with Crippen LogP contribution in [-0.4, -0.2) is 32.9 Å². The second-order valence-electron chi connectivity index (χ2n) is 3.77. The van der Waals surface area contributed by atoms with Crippen molar-refractivity contribution in [2.75, 3.05) is 6.61 Å². The number of thiocarbonyl (C=S) groups is 1. The molecule has 3 N–H and O–H groups in total. The summed E-state index contributed by atoms with van der Waals surface area (Å²) in [7, 11) is 0. The molecule has 1 heterocycles. The SMILES string of the molecule is NN1C(=O)C(=Cc2ccccc2OCC(=O)O)SC1=S. The molecule has 0 bridgehead atoms. The van der Waals surface area contributed by atoms with Crippen molar-refractivity contribution in [3.63, 3.8) is 0 Å². The first-order valence-corrected chi connectivity index (χ1v) is 6.68. The number of rotatable bonds is 4. The maximum Gasteiger partial charge on any atom is 0.341 e. The number of hydrazine groups is 1. The zero-order chi connectivity index (χ0) is 14.7. The summed E-state index contributed by atoms with van der Waals surface area (Å²) < 4.78 is 5.42. The summed E-state index contributed by atoms with van der Waals surface area (Å²) in [5.74, 6) is 4.38. The summed E-state index contributed by atoms with van der Waals surface area (Å²) >= 11 is 6.01. The van der Waals surface area contributed by atoms with Crippen molar-refractivity contribution < 1.29 is 19.4 Å². The second kappa shape index (κ2) is 6.04. The van der Waals surface area contributed by atoms with Crippen LogP contribution in [0.4, 0.5) is 0 Å². The van der Waals surface area contributed by atoms with E-state index in [0.717, 1.165) is 16.8 Å². The molecule has 0 spiro atoms. The Morgan fingerprint density at radius 3 is 2.80 bits per heavy atom. The van der Waals surface area contributed by atoms with Gasteiger partial charge in [0.25, 0.3) is 5.91 Å². The normalized spacial score (nSPS) is 16.9. The Labute approximate surface area is 124 Å². The molecule has 2 rings (SSSR count). The van der Waals surface area contributed by atoms with Crippen molar-refractivity contribution >= 4 is 46.3 Å². The summed E-state index contributed by atoms with van der Waals surface area (Å²) in [5.41, 5.74) is 0.586. The number of benzene rings is 1. The molecule has 1 aromatic rings. The van der Waals surface area contributed by atoms with Crippen molar-refractivity contribution in [3.8, 4) is 5.75 Å². The Bertz CT molecular complexity index is 615. The van der Waals surface area contributed by atoms with Gasteiger partial charge in [-0.15, -0.1) is 0 Å². The van der Waals surface area contributed by atoms with Crippen LogP contribution < -0.4 is 10.6 Å². The molecule has 1 aliphatic heterocycles. The average molecular weight is 310 g/mol. The molecule has 0 saturated carbocycles. The van der Waals surface area contributed by atoms with Crippen LogP contribution in [0.25, 0.3) is 6.08 Å². The maximum absolute atomic E-state index is 11.8. The molecule has 0 aliphatic carbocycles. The van der Waals surface area contributed by atoms with Crippen LogP contribution in [0.2, 0.25) is 0 Å². The van der Waals surface area contributed by atoms with E-state index in [0.29, 0.717) is 16.2 Å². The Morgan fingerprint density at radius 1 is 1.50 bits per heavy atom. The van der Waals surface area contributed by atoms with Crippen LogP contribution >= 0.6 is 24.0 Å². The molecule has 1 amide bonds. The van der Waals surface area contributed by atoms with Crippen molar-refractivity contribution in [2.45, 2.75) is 0 Å². The number of carbonyl (C=O) groups excluding carboxylic acids is 1. The number of nitrogens with zero attached hydrogens (tertiary/aromatic N) is 1. The van der Waals surface area contributed by atoms with Crippen molar-refractivity contribution in [1.82, 2.24) is 5.01 Å². The van der Waals surface area contributed by atoms with Crippen molar-refractivity contribution in [1.29, 1.82) is 0 Å². The number of aliphatic carboxylic acids is 1. The number of nitrogens with two attached hydrogens (primary N) is 1. The van der Waals surface area contributed by atoms with E-state index in [2.05, 4.69) is 0 Å². The number of para-hydroxylation sites is 1. The number of carboxylic acids is 1. The molecule has 8 heteroatoms. The third kappa shape index (κ3) is 3.16. The first kappa shape index (κ1) is 14.5. The highest BCUT2D eigenvalue weighted by Gasteiger charge is 2.29. The lowest BCUT2D eigenvalue weighted by Gasteiger charge is -2.07. The van der Waals surface area contributed by atoms with Gasteiger partial charge in [-0.3, -0.25) is 4.79 Å². The number of carbonyl (C=O) groups is 2. The predicted octanol–water partition coefficient (Wildman–Crippen LogP) is 1.22. The molecule has 1 saturated heterocycles. The summed E-state index contributed by atoms with van der Waals surface area (Å²) in [6.07, 6.45) is 1.57. The predicted molar refractivity (Wildman–Crippen MR) is 78.8 cm³/mol. The molecular formula is C12H10N2O4S2. The third-order valence-corrected chi connectivity index (χ3v) is 3.71. The largest absolute Gasteiger partial charge is 0.481 e. The molecule has 0 aromatic heterocycles. The van der Waals surface area contributed by atoms with E-state index in [4.69, 9.17) is 27.9 Å². The molecule has 1 fully saturated rings. The second-order valence-corrected chi connectivity index (χ2v) is 5.45. The van der Waals surface area contributed by atoms with Crippen LogP contribution in [-0.2, 0) is 9.59 Å². The van der Waals surface area contributed by atoms with Gasteiger partial charge >= 0.3 is 5.97 Å². The molecule has 0 unspecified atom stereocenters. The van der Waals surface area contributed by atoms with E-state index in [9.17, 15) is 9.59 Å². The summed E-state index contributed by atoms with van der Waals surface area (Å²) in [6.45, 7) is -0.456. The van der Waals surface area contributed by atoms with Crippen LogP contribution in [0.15, 0.2) is 29.2 Å². The van der Waals surface area contributed by atoms with Gasteiger partial charge in [0.15, 0.2) is 10.9 Å². The van der Waals surface area contributed by atoms with Gasteiger partial charge in [0.1, 0.15) is 5.75 Å². The van der Waals surface area contributed by atoms with Crippen molar-refractivity contribution in [3.05, 3.63) is 34.7 Å². The Kier molecular flexibility index (Phi) is 4.38. The highest BCUT2D eigenvalue weighted by Crippen LogP contribution is 2.32. The zero-order valence-electron chi connectivity index (χ0n) is 10.1. The Morgan fingerprint density at radius 2 is 2.20 bits per heavy atom. The van der Waals surface area contributed by atoms with E-state index in [1.165, 1.54) is 0 Å². The fraction of sp³-hybridized carbons (Fsp3) is 0.0833. The van der Waals surface area contributed by atoms with E-state index in [1.54, 1.807) is 30.3 Å². The van der Waals surface area contributed by atoms with Crippen LogP contribution in [0, 0.1) is 0 Å². The molecule has 6 nitrogen and oxygen atoms in total. The van der Waals surface area contributed by atoms with Gasteiger partial charge in [0.2, 0.25) is 0 Å². The number of hydrogen-bond donors (Lipinski definition) is 2. The van der Waals surface area contributed by atoms with Crippen LogP contribution in [0.5, 0.6) is 5.75 Å². The lowest BCUT2D eigenvalue weighted by Crippen LogP contribution is -2.34. The lowest BCUT2D eigenvalue weighted by molar-refractivity contribution is -0.139. The van der Waals surface area contributed by atoms with Gasteiger partial charge in [-0.1, -0.05) is 42.2 Å². The van der Waals surface area contributed by atoms with E-state index >= 15 is 0 Å². The fourth-order valence-electron chi connectivity index (χ4n) is 1.49. The first-order valence-electron chi connectivity index (χ1n) is 5.45. The third-order valence-electron chi connectivity index (χ3n) is 2.38. The topological polar surface area (TPSA) is 92.9 Å². The summed E-state index contributed by atoms with van der Waals surface area (Å²) in [5, 5.41) is 9.52. The van der Waals surface area contributed by atoms with E-state index in [1.807, 2.05) is 0 Å². The molecule has 1 aliphatic rings. The monoisotopic (exact) mass is 310 g/mol. The maximum atomic E-state index is 11.8. The smallest absolute Gasteiger partial charge is 0.341 e. The minimum Gasteiger partial charge on any atom is -0.481 e. The fourth-order valence-corrected chi connectivity index (χ4v) is 2.58. The Balaban J connectivity index is 2.27. The van der Waals surface area contributed by atoms with Crippen LogP contribution in [0.3, 0.4) is 0 Å². The quantitative estimate of drug-likeness (QED) is 0.374. The average Bonchev–Trinajstić information content (AvgIpc) is 2.65. The van der Waals surface area contributed by atoms with E-state index < -0.39 is 18.5 Å². The minimum absolute atomic E-state index is 0.269. The number of thioether (sulfide) groups is 1. The van der Waals surface area contributed by atoms with Crippen LogP contribution in [0.1, 0.15) is 5.56 Å². The van der Waals surface area contributed by atoms with Crippen molar-refractivity contribution in [2.24, 2.45) is 5.84 Å². The molecule has 104 valence electrons. The summed E-state index contributed by atoms with van der Waals surface area (Å²) in [4.78, 5) is 22.7. The van der Waals surface area contributed by atoms with Gasteiger partial charge in [0, 0.05) is 5.56 Å². The molecule has 1 aromatic carbocycles. The zero-order valence-corrected chi connectivity index (χ0v) is 11.7. The summed E-state index contributed by atoms with van der Waals surface area (Å²) in [6, 6.07) is 6.80. The van der Waals surface area contributed by atoms with Gasteiger partial charge < -0.3 is 9.84 Å². The van der Waals surface area contributed by atoms with Gasteiger partial charge in [-0.2, -0.15) is 0 Å². The Hall–Kier alpha value is -1.90. The molecule has 0 radical (unpaired) electrons. The van der Waals surface area contributed by atoms with Gasteiger partial charge in [0.05, 0.1) is 4.91 Å². The highest BCUT2D eigenvalue weighted by molar-refractivity contribution is 8.26. The molecule has 20 heavy (non-hydrogen) atoms.